The minimum atomic E-state index is -0.315. The van der Waals surface area contributed by atoms with Crippen molar-refractivity contribution in [2.24, 2.45) is 0 Å². The van der Waals surface area contributed by atoms with Gasteiger partial charge in [0.1, 0.15) is 0 Å². The minimum absolute atomic E-state index is 0.0128. The lowest BCUT2D eigenvalue weighted by molar-refractivity contribution is -0.141. The molecule has 0 aliphatic rings. The highest BCUT2D eigenvalue weighted by atomic mass is 35.5. The van der Waals surface area contributed by atoms with Gasteiger partial charge in [0.15, 0.2) is 0 Å². The van der Waals surface area contributed by atoms with Gasteiger partial charge in [0.2, 0.25) is 5.91 Å². The van der Waals surface area contributed by atoms with Crippen molar-refractivity contribution in [1.29, 1.82) is 0 Å². The Morgan fingerprint density at radius 1 is 1.26 bits per heavy atom. The number of carbonyl (C=O) groups is 2. The van der Waals surface area contributed by atoms with Crippen LogP contribution in [0.4, 0.5) is 0 Å². The molecular weight excluding hydrogens is 266 g/mol. The minimum Gasteiger partial charge on any atom is -0.469 e. The van der Waals surface area contributed by atoms with Gasteiger partial charge < -0.3 is 9.64 Å². The first-order valence-electron chi connectivity index (χ1n) is 6.15. The predicted octanol–water partition coefficient (Wildman–Crippen LogP) is 2.64. The highest BCUT2D eigenvalue weighted by molar-refractivity contribution is 6.30. The van der Waals surface area contributed by atoms with Crippen LogP contribution in [-0.2, 0) is 20.9 Å². The van der Waals surface area contributed by atoms with Gasteiger partial charge in [-0.25, -0.2) is 0 Å². The molecular formula is C14H18ClNO3. The Kier molecular flexibility index (Phi) is 6.36. The second kappa shape index (κ2) is 7.79. The SMILES string of the molecule is CCC(=O)N(CCC(=O)OC)Cc1ccc(Cl)cc1. The molecule has 0 atom stereocenters. The van der Waals surface area contributed by atoms with Crippen LogP contribution in [0.5, 0.6) is 0 Å². The molecule has 104 valence electrons. The standard InChI is InChI=1S/C14H18ClNO3/c1-3-13(17)16(9-8-14(18)19-2)10-11-4-6-12(15)7-5-11/h4-7H,3,8-10H2,1-2H3. The fourth-order valence-corrected chi connectivity index (χ4v) is 1.78. The van der Waals surface area contributed by atoms with Crippen LogP contribution in [0, 0.1) is 0 Å². The highest BCUT2D eigenvalue weighted by Crippen LogP contribution is 2.12. The molecule has 5 heteroatoms. The smallest absolute Gasteiger partial charge is 0.307 e. The number of esters is 1. The molecule has 0 aromatic heterocycles. The van der Waals surface area contributed by atoms with Gasteiger partial charge in [0.05, 0.1) is 13.5 Å². The molecule has 1 rings (SSSR count). The molecule has 1 amide bonds. The third-order valence-electron chi connectivity index (χ3n) is 2.76. The van der Waals surface area contributed by atoms with E-state index in [0.29, 0.717) is 24.5 Å². The number of carbonyl (C=O) groups excluding carboxylic acids is 2. The Balaban J connectivity index is 2.66. The summed E-state index contributed by atoms with van der Waals surface area (Å²) in [6, 6.07) is 7.31. The lowest BCUT2D eigenvalue weighted by Crippen LogP contribution is -2.32. The van der Waals surface area contributed by atoms with Crippen molar-refractivity contribution in [2.75, 3.05) is 13.7 Å². The molecule has 19 heavy (non-hydrogen) atoms. The summed E-state index contributed by atoms with van der Waals surface area (Å²) >= 11 is 5.82. The van der Waals surface area contributed by atoms with Crippen LogP contribution in [0.2, 0.25) is 5.02 Å². The number of hydrogen-bond donors (Lipinski definition) is 0. The Bertz CT molecular complexity index is 431. The van der Waals surface area contributed by atoms with E-state index in [1.165, 1.54) is 7.11 Å². The summed E-state index contributed by atoms with van der Waals surface area (Å²) in [6.07, 6.45) is 0.616. The summed E-state index contributed by atoms with van der Waals surface area (Å²) in [7, 11) is 1.34. The van der Waals surface area contributed by atoms with Crippen LogP contribution in [-0.4, -0.2) is 30.4 Å². The lowest BCUT2D eigenvalue weighted by Gasteiger charge is -2.21. The maximum absolute atomic E-state index is 11.8. The second-order valence-electron chi connectivity index (χ2n) is 4.12. The van der Waals surface area contributed by atoms with Gasteiger partial charge in [0.25, 0.3) is 0 Å². The molecule has 0 bridgehead atoms. The van der Waals surface area contributed by atoms with Crippen molar-refractivity contribution in [1.82, 2.24) is 4.90 Å². The van der Waals surface area contributed by atoms with E-state index in [0.717, 1.165) is 5.56 Å². The van der Waals surface area contributed by atoms with Crippen LogP contribution in [0.3, 0.4) is 0 Å². The zero-order valence-corrected chi connectivity index (χ0v) is 11.9. The van der Waals surface area contributed by atoms with E-state index in [-0.39, 0.29) is 18.3 Å². The molecule has 0 heterocycles. The van der Waals surface area contributed by atoms with Crippen molar-refractivity contribution in [3.05, 3.63) is 34.9 Å². The fourth-order valence-electron chi connectivity index (χ4n) is 1.65. The van der Waals surface area contributed by atoms with E-state index < -0.39 is 0 Å². The van der Waals surface area contributed by atoms with E-state index in [4.69, 9.17) is 11.6 Å². The van der Waals surface area contributed by atoms with Crippen molar-refractivity contribution < 1.29 is 14.3 Å². The zero-order valence-electron chi connectivity index (χ0n) is 11.2. The number of rotatable bonds is 6. The maximum Gasteiger partial charge on any atom is 0.307 e. The highest BCUT2D eigenvalue weighted by Gasteiger charge is 2.14. The Labute approximate surface area is 118 Å². The van der Waals surface area contributed by atoms with Crippen LogP contribution in [0.1, 0.15) is 25.3 Å². The molecule has 0 fully saturated rings. The molecule has 0 unspecified atom stereocenters. The van der Waals surface area contributed by atoms with Gasteiger partial charge in [-0.1, -0.05) is 30.7 Å². The van der Waals surface area contributed by atoms with Gasteiger partial charge in [0, 0.05) is 24.5 Å². The number of methoxy groups -OCH3 is 1. The van der Waals surface area contributed by atoms with Gasteiger partial charge in [-0.2, -0.15) is 0 Å². The Morgan fingerprint density at radius 2 is 1.89 bits per heavy atom. The van der Waals surface area contributed by atoms with Gasteiger partial charge >= 0.3 is 5.97 Å². The van der Waals surface area contributed by atoms with Crippen LogP contribution >= 0.6 is 11.6 Å². The quantitative estimate of drug-likeness (QED) is 0.754. The van der Waals surface area contributed by atoms with E-state index in [1.54, 1.807) is 24.0 Å². The van der Waals surface area contributed by atoms with E-state index in [1.807, 2.05) is 12.1 Å². The van der Waals surface area contributed by atoms with Crippen molar-refractivity contribution in [3.8, 4) is 0 Å². The number of halogens is 1. The molecule has 1 aromatic rings. The Morgan fingerprint density at radius 3 is 2.42 bits per heavy atom. The third kappa shape index (κ3) is 5.30. The Hall–Kier alpha value is -1.55. The monoisotopic (exact) mass is 283 g/mol. The lowest BCUT2D eigenvalue weighted by atomic mass is 10.2. The summed E-state index contributed by atoms with van der Waals surface area (Å²) in [5.74, 6) is -0.302. The first-order valence-corrected chi connectivity index (χ1v) is 6.53. The molecule has 4 nitrogen and oxygen atoms in total. The average Bonchev–Trinajstić information content (AvgIpc) is 2.44. The predicted molar refractivity (Wildman–Crippen MR) is 73.8 cm³/mol. The van der Waals surface area contributed by atoms with Gasteiger partial charge in [-0.3, -0.25) is 9.59 Å². The number of nitrogens with zero attached hydrogens (tertiary/aromatic N) is 1. The number of ether oxygens (including phenoxy) is 1. The maximum atomic E-state index is 11.8. The van der Waals surface area contributed by atoms with Crippen LogP contribution < -0.4 is 0 Å². The average molecular weight is 284 g/mol. The summed E-state index contributed by atoms with van der Waals surface area (Å²) in [5, 5.41) is 0.659. The molecule has 1 aromatic carbocycles. The van der Waals surface area contributed by atoms with Crippen molar-refractivity contribution in [2.45, 2.75) is 26.3 Å². The van der Waals surface area contributed by atoms with E-state index >= 15 is 0 Å². The third-order valence-corrected chi connectivity index (χ3v) is 3.01. The first-order chi connectivity index (χ1) is 9.06. The van der Waals surface area contributed by atoms with Gasteiger partial charge in [-0.05, 0) is 17.7 Å². The normalized spacial score (nSPS) is 10.1. The van der Waals surface area contributed by atoms with Crippen molar-refractivity contribution in [3.63, 3.8) is 0 Å². The summed E-state index contributed by atoms with van der Waals surface area (Å²) < 4.78 is 4.59. The molecule has 0 aliphatic carbocycles. The first kappa shape index (κ1) is 15.5. The molecule has 0 N–H and O–H groups in total. The molecule has 0 spiro atoms. The molecule has 0 radical (unpaired) electrons. The van der Waals surface area contributed by atoms with Crippen molar-refractivity contribution >= 4 is 23.5 Å². The molecule has 0 saturated heterocycles. The number of hydrogen-bond acceptors (Lipinski definition) is 3. The van der Waals surface area contributed by atoms with E-state index in [9.17, 15) is 9.59 Å². The zero-order chi connectivity index (χ0) is 14.3. The summed E-state index contributed by atoms with van der Waals surface area (Å²) in [6.45, 7) is 2.64. The second-order valence-corrected chi connectivity index (χ2v) is 4.56. The van der Waals surface area contributed by atoms with Crippen LogP contribution in [0.15, 0.2) is 24.3 Å². The number of benzene rings is 1. The van der Waals surface area contributed by atoms with Crippen LogP contribution in [0.25, 0.3) is 0 Å². The van der Waals surface area contributed by atoms with Gasteiger partial charge in [-0.15, -0.1) is 0 Å². The molecule has 0 aliphatic heterocycles. The van der Waals surface area contributed by atoms with E-state index in [2.05, 4.69) is 4.74 Å². The topological polar surface area (TPSA) is 46.6 Å². The molecule has 0 saturated carbocycles. The summed E-state index contributed by atoms with van der Waals surface area (Å²) in [5.41, 5.74) is 0.982. The largest absolute Gasteiger partial charge is 0.469 e. The fraction of sp³-hybridized carbons (Fsp3) is 0.429. The number of amides is 1. The summed E-state index contributed by atoms with van der Waals surface area (Å²) in [4.78, 5) is 24.6.